The summed E-state index contributed by atoms with van der Waals surface area (Å²) in [6.07, 6.45) is 6.53. The van der Waals surface area contributed by atoms with Crippen LogP contribution in [0.15, 0.2) is 24.3 Å². The van der Waals surface area contributed by atoms with Crippen molar-refractivity contribution in [2.24, 2.45) is 5.92 Å². The summed E-state index contributed by atoms with van der Waals surface area (Å²) < 4.78 is 4.96. The minimum Gasteiger partial charge on any atom is -0.461 e. The predicted molar refractivity (Wildman–Crippen MR) is 63.6 cm³/mol. The van der Waals surface area contributed by atoms with Gasteiger partial charge in [-0.25, -0.2) is 0 Å². The van der Waals surface area contributed by atoms with Crippen molar-refractivity contribution < 1.29 is 9.53 Å². The van der Waals surface area contributed by atoms with Crippen LogP contribution in [0.2, 0.25) is 0 Å². The maximum atomic E-state index is 10.8. The van der Waals surface area contributed by atoms with Crippen LogP contribution in [0.3, 0.4) is 0 Å². The summed E-state index contributed by atoms with van der Waals surface area (Å²) >= 11 is 0. The first kappa shape index (κ1) is 13.9. The molecule has 0 radical (unpaired) electrons. The standard InChI is InChI=1S/C13H22O2/c1-5-11(3)7-8-12(4)9-10-15-13(14)6-2/h5,9,11H,1,6-8,10H2,2-4H3/b12-9+. The second kappa shape index (κ2) is 8.27. The van der Waals surface area contributed by atoms with Gasteiger partial charge in [0.25, 0.3) is 0 Å². The van der Waals surface area contributed by atoms with Crippen LogP contribution in [0, 0.1) is 5.92 Å². The van der Waals surface area contributed by atoms with Crippen LogP contribution in [0.5, 0.6) is 0 Å². The van der Waals surface area contributed by atoms with E-state index in [4.69, 9.17) is 4.74 Å². The molecule has 0 aromatic carbocycles. The number of ether oxygens (including phenoxy) is 1. The van der Waals surface area contributed by atoms with E-state index in [9.17, 15) is 4.79 Å². The summed E-state index contributed by atoms with van der Waals surface area (Å²) in [5, 5.41) is 0. The van der Waals surface area contributed by atoms with Crippen LogP contribution in [-0.4, -0.2) is 12.6 Å². The highest BCUT2D eigenvalue weighted by molar-refractivity contribution is 5.68. The second-order valence-corrected chi connectivity index (χ2v) is 3.84. The molecule has 0 amide bonds. The van der Waals surface area contributed by atoms with E-state index in [-0.39, 0.29) is 5.97 Å². The van der Waals surface area contributed by atoms with Crippen LogP contribution in [0.1, 0.15) is 40.0 Å². The fraction of sp³-hybridized carbons (Fsp3) is 0.615. The van der Waals surface area contributed by atoms with Crippen molar-refractivity contribution in [3.63, 3.8) is 0 Å². The first-order valence-electron chi connectivity index (χ1n) is 5.54. The largest absolute Gasteiger partial charge is 0.461 e. The Balaban J connectivity index is 3.69. The van der Waals surface area contributed by atoms with E-state index in [0.717, 1.165) is 12.8 Å². The van der Waals surface area contributed by atoms with E-state index in [1.807, 2.05) is 12.2 Å². The van der Waals surface area contributed by atoms with Gasteiger partial charge in [-0.3, -0.25) is 4.79 Å². The third-order valence-electron chi connectivity index (χ3n) is 2.36. The Morgan fingerprint density at radius 3 is 2.73 bits per heavy atom. The zero-order valence-electron chi connectivity index (χ0n) is 10.1. The van der Waals surface area contributed by atoms with Crippen molar-refractivity contribution in [3.8, 4) is 0 Å². The van der Waals surface area contributed by atoms with E-state index in [2.05, 4.69) is 20.4 Å². The van der Waals surface area contributed by atoms with Gasteiger partial charge in [-0.05, 0) is 31.8 Å². The second-order valence-electron chi connectivity index (χ2n) is 3.84. The zero-order chi connectivity index (χ0) is 11.7. The van der Waals surface area contributed by atoms with Gasteiger partial charge in [0.1, 0.15) is 6.61 Å². The topological polar surface area (TPSA) is 26.3 Å². The van der Waals surface area contributed by atoms with Crippen molar-refractivity contribution in [3.05, 3.63) is 24.3 Å². The van der Waals surface area contributed by atoms with E-state index in [0.29, 0.717) is 18.9 Å². The third kappa shape index (κ3) is 7.98. The lowest BCUT2D eigenvalue weighted by molar-refractivity contribution is -0.141. The van der Waals surface area contributed by atoms with Crippen LogP contribution in [0.4, 0.5) is 0 Å². The fourth-order valence-corrected chi connectivity index (χ4v) is 1.05. The first-order valence-corrected chi connectivity index (χ1v) is 5.54. The van der Waals surface area contributed by atoms with Crippen molar-refractivity contribution >= 4 is 5.97 Å². The van der Waals surface area contributed by atoms with Gasteiger partial charge >= 0.3 is 5.97 Å². The lowest BCUT2D eigenvalue weighted by atomic mass is 10.0. The first-order chi connectivity index (χ1) is 7.10. The van der Waals surface area contributed by atoms with Crippen LogP contribution in [0.25, 0.3) is 0 Å². The number of carbonyl (C=O) groups excluding carboxylic acids is 1. The monoisotopic (exact) mass is 210 g/mol. The normalized spacial score (nSPS) is 13.4. The van der Waals surface area contributed by atoms with Crippen LogP contribution >= 0.6 is 0 Å². The lowest BCUT2D eigenvalue weighted by Crippen LogP contribution is -2.02. The SMILES string of the molecule is C=CC(C)CC/C(C)=C/COC(=O)CC. The molecule has 0 aromatic rings. The van der Waals surface area contributed by atoms with E-state index >= 15 is 0 Å². The van der Waals surface area contributed by atoms with Crippen LogP contribution in [-0.2, 0) is 9.53 Å². The average molecular weight is 210 g/mol. The van der Waals surface area contributed by atoms with Crippen molar-refractivity contribution in [2.75, 3.05) is 6.61 Å². The Hall–Kier alpha value is -1.05. The highest BCUT2D eigenvalue weighted by atomic mass is 16.5. The van der Waals surface area contributed by atoms with Gasteiger partial charge < -0.3 is 4.74 Å². The maximum absolute atomic E-state index is 10.8. The summed E-state index contributed by atoms with van der Waals surface area (Å²) in [4.78, 5) is 10.8. The van der Waals surface area contributed by atoms with E-state index in [1.54, 1.807) is 6.92 Å². The smallest absolute Gasteiger partial charge is 0.305 e. The molecule has 0 rings (SSSR count). The molecule has 0 aromatic heterocycles. The van der Waals surface area contributed by atoms with Gasteiger partial charge in [0.15, 0.2) is 0 Å². The molecule has 0 saturated heterocycles. The summed E-state index contributed by atoms with van der Waals surface area (Å²) in [6, 6.07) is 0. The number of esters is 1. The molecule has 0 aliphatic heterocycles. The summed E-state index contributed by atoms with van der Waals surface area (Å²) in [5.74, 6) is 0.407. The molecule has 0 spiro atoms. The summed E-state index contributed by atoms with van der Waals surface area (Å²) in [7, 11) is 0. The van der Waals surface area contributed by atoms with Crippen molar-refractivity contribution in [1.29, 1.82) is 0 Å². The van der Waals surface area contributed by atoms with Gasteiger partial charge in [-0.2, -0.15) is 0 Å². The van der Waals surface area contributed by atoms with Crippen molar-refractivity contribution in [1.82, 2.24) is 0 Å². The fourth-order valence-electron chi connectivity index (χ4n) is 1.05. The van der Waals surface area contributed by atoms with Gasteiger partial charge in [0.2, 0.25) is 0 Å². The third-order valence-corrected chi connectivity index (χ3v) is 2.36. The van der Waals surface area contributed by atoms with Crippen molar-refractivity contribution in [2.45, 2.75) is 40.0 Å². The molecule has 2 heteroatoms. The summed E-state index contributed by atoms with van der Waals surface area (Å²) in [5.41, 5.74) is 1.27. The van der Waals surface area contributed by atoms with Gasteiger partial charge in [-0.15, -0.1) is 6.58 Å². The minimum atomic E-state index is -0.140. The Labute approximate surface area is 93.0 Å². The van der Waals surface area contributed by atoms with Gasteiger partial charge in [0, 0.05) is 6.42 Å². The molecular formula is C13H22O2. The number of allylic oxidation sites excluding steroid dienone is 2. The molecule has 0 saturated carbocycles. The minimum absolute atomic E-state index is 0.140. The highest BCUT2D eigenvalue weighted by Gasteiger charge is 1.98. The van der Waals surface area contributed by atoms with Crippen LogP contribution < -0.4 is 0 Å². The summed E-state index contributed by atoms with van der Waals surface area (Å²) in [6.45, 7) is 10.2. The molecule has 0 N–H and O–H groups in total. The Morgan fingerprint density at radius 1 is 1.53 bits per heavy atom. The molecule has 86 valence electrons. The Morgan fingerprint density at radius 2 is 2.20 bits per heavy atom. The van der Waals surface area contributed by atoms with E-state index < -0.39 is 0 Å². The number of rotatable bonds is 7. The van der Waals surface area contributed by atoms with Gasteiger partial charge in [-0.1, -0.05) is 25.5 Å². The lowest BCUT2D eigenvalue weighted by Gasteiger charge is -2.06. The molecule has 0 aliphatic carbocycles. The number of carbonyl (C=O) groups is 1. The molecule has 0 aliphatic rings. The quantitative estimate of drug-likeness (QED) is 0.475. The molecule has 1 unspecified atom stereocenters. The average Bonchev–Trinajstić information content (AvgIpc) is 2.25. The Bertz CT molecular complexity index is 229. The molecule has 0 heterocycles. The Kier molecular flexibility index (Phi) is 7.69. The zero-order valence-corrected chi connectivity index (χ0v) is 10.1. The predicted octanol–water partition coefficient (Wildman–Crippen LogP) is 3.49. The number of hydrogen-bond acceptors (Lipinski definition) is 2. The molecule has 15 heavy (non-hydrogen) atoms. The van der Waals surface area contributed by atoms with E-state index in [1.165, 1.54) is 5.57 Å². The molecular weight excluding hydrogens is 188 g/mol. The van der Waals surface area contributed by atoms with Gasteiger partial charge in [0.05, 0.1) is 0 Å². The molecule has 0 bridgehead atoms. The highest BCUT2D eigenvalue weighted by Crippen LogP contribution is 2.11. The molecule has 1 atom stereocenters. The molecule has 2 nitrogen and oxygen atoms in total. The molecule has 0 fully saturated rings. The number of hydrogen-bond donors (Lipinski definition) is 0. The maximum Gasteiger partial charge on any atom is 0.305 e.